The first-order chi connectivity index (χ1) is 21.5. The van der Waals surface area contributed by atoms with Crippen LogP contribution in [0.5, 0.6) is 0 Å². The number of benzene rings is 6. The monoisotopic (exact) mass is 566 g/mol. The highest BCUT2D eigenvalue weighted by atomic mass is 15.0. The Hall–Kier alpha value is -5.34. The number of H-pyrrole nitrogens is 1. The van der Waals surface area contributed by atoms with E-state index in [1.54, 1.807) is 0 Å². The molecule has 0 spiro atoms. The molecule has 44 heavy (non-hydrogen) atoms. The lowest BCUT2D eigenvalue weighted by Gasteiger charge is -2.22. The molecule has 1 N–H and O–H groups in total. The van der Waals surface area contributed by atoms with E-state index in [4.69, 9.17) is 0 Å². The molecule has 2 aromatic heterocycles. The second-order valence-corrected chi connectivity index (χ2v) is 12.7. The third kappa shape index (κ3) is 4.18. The van der Waals surface area contributed by atoms with Crippen LogP contribution >= 0.6 is 0 Å². The van der Waals surface area contributed by atoms with Crippen molar-refractivity contribution in [3.05, 3.63) is 151 Å². The van der Waals surface area contributed by atoms with E-state index in [1.165, 1.54) is 66.4 Å². The standard InChI is InChI=1S/C42H34N2/c1-42(2,3)32-24-25-34-35(26-32)44-27-33-36(28-16-8-4-9-17-28)37(29-18-10-5-11-19-29)38(30-20-12-6-13-21-30)39(40(33)41(44)43-34)31-22-14-7-15-23-31/h4-27,43H,1-3H3. The number of aromatic nitrogens is 2. The molecule has 0 aliphatic heterocycles. The molecular formula is C42H34N2. The highest BCUT2D eigenvalue weighted by Gasteiger charge is 2.27. The van der Waals surface area contributed by atoms with Gasteiger partial charge in [-0.25, -0.2) is 0 Å². The van der Waals surface area contributed by atoms with Gasteiger partial charge in [0.05, 0.1) is 11.0 Å². The minimum Gasteiger partial charge on any atom is -0.339 e. The number of hydrogen-bond acceptors (Lipinski definition) is 0. The van der Waals surface area contributed by atoms with E-state index >= 15 is 0 Å². The van der Waals surface area contributed by atoms with Crippen LogP contribution in [-0.4, -0.2) is 9.38 Å². The zero-order valence-corrected chi connectivity index (χ0v) is 25.3. The Morgan fingerprint density at radius 1 is 0.500 bits per heavy atom. The van der Waals surface area contributed by atoms with Gasteiger partial charge in [-0.1, -0.05) is 148 Å². The summed E-state index contributed by atoms with van der Waals surface area (Å²) in [4.78, 5) is 3.87. The normalized spacial score (nSPS) is 12.0. The summed E-state index contributed by atoms with van der Waals surface area (Å²) in [5.74, 6) is 0. The van der Waals surface area contributed by atoms with Gasteiger partial charge in [0.25, 0.3) is 0 Å². The fourth-order valence-corrected chi connectivity index (χ4v) is 6.79. The van der Waals surface area contributed by atoms with E-state index in [0.717, 1.165) is 11.2 Å². The summed E-state index contributed by atoms with van der Waals surface area (Å²) >= 11 is 0. The average molecular weight is 567 g/mol. The zero-order valence-electron chi connectivity index (χ0n) is 25.3. The van der Waals surface area contributed by atoms with Crippen molar-refractivity contribution < 1.29 is 0 Å². The van der Waals surface area contributed by atoms with Crippen molar-refractivity contribution in [1.29, 1.82) is 0 Å². The lowest BCUT2D eigenvalue weighted by molar-refractivity contribution is 0.591. The molecule has 0 aliphatic rings. The lowest BCUT2D eigenvalue weighted by Crippen LogP contribution is -2.10. The third-order valence-corrected chi connectivity index (χ3v) is 8.90. The summed E-state index contributed by atoms with van der Waals surface area (Å²) in [6, 6.07) is 50.5. The number of fused-ring (bicyclic) bond motifs is 5. The van der Waals surface area contributed by atoms with Crippen molar-refractivity contribution in [1.82, 2.24) is 9.38 Å². The number of aromatic amines is 1. The summed E-state index contributed by atoms with van der Waals surface area (Å²) < 4.78 is 2.39. The van der Waals surface area contributed by atoms with Gasteiger partial charge in [0.1, 0.15) is 5.65 Å². The minimum absolute atomic E-state index is 0.0513. The quantitative estimate of drug-likeness (QED) is 0.219. The Morgan fingerprint density at radius 3 is 1.45 bits per heavy atom. The van der Waals surface area contributed by atoms with Crippen molar-refractivity contribution in [2.24, 2.45) is 0 Å². The largest absolute Gasteiger partial charge is 0.339 e. The Bertz CT molecular complexity index is 2270. The molecule has 0 unspecified atom stereocenters. The maximum atomic E-state index is 3.87. The molecule has 0 atom stereocenters. The second-order valence-electron chi connectivity index (χ2n) is 12.7. The summed E-state index contributed by atoms with van der Waals surface area (Å²) in [6.45, 7) is 6.84. The van der Waals surface area contributed by atoms with Crippen LogP contribution in [0, 0.1) is 0 Å². The van der Waals surface area contributed by atoms with Gasteiger partial charge in [-0.3, -0.25) is 0 Å². The van der Waals surface area contributed by atoms with Gasteiger partial charge in [-0.05, 0) is 62.1 Å². The first-order valence-electron chi connectivity index (χ1n) is 15.4. The molecule has 0 amide bonds. The van der Waals surface area contributed by atoms with Gasteiger partial charge in [-0.2, -0.15) is 0 Å². The highest BCUT2D eigenvalue weighted by molar-refractivity contribution is 6.23. The Balaban J connectivity index is 1.66. The molecular weight excluding hydrogens is 532 g/mol. The number of nitrogens with zero attached hydrogens (tertiary/aromatic N) is 1. The number of imidazole rings is 1. The van der Waals surface area contributed by atoms with Gasteiger partial charge in [-0.15, -0.1) is 0 Å². The summed E-state index contributed by atoms with van der Waals surface area (Å²) in [7, 11) is 0. The van der Waals surface area contributed by atoms with Crippen molar-refractivity contribution in [3.8, 4) is 44.5 Å². The fraction of sp³-hybridized carbons (Fsp3) is 0.0952. The fourth-order valence-electron chi connectivity index (χ4n) is 6.79. The molecule has 0 bridgehead atoms. The van der Waals surface area contributed by atoms with Crippen molar-refractivity contribution >= 4 is 27.5 Å². The smallest absolute Gasteiger partial charge is 0.123 e. The number of hydrogen-bond donors (Lipinski definition) is 1. The molecule has 2 nitrogen and oxygen atoms in total. The Kier molecular flexibility index (Phi) is 6.06. The van der Waals surface area contributed by atoms with E-state index in [-0.39, 0.29) is 5.41 Å². The van der Waals surface area contributed by atoms with Gasteiger partial charge >= 0.3 is 0 Å². The van der Waals surface area contributed by atoms with Crippen LogP contribution < -0.4 is 0 Å². The van der Waals surface area contributed by atoms with Crippen molar-refractivity contribution in [2.45, 2.75) is 26.2 Å². The van der Waals surface area contributed by atoms with E-state index in [0.29, 0.717) is 0 Å². The molecule has 6 aromatic carbocycles. The molecule has 212 valence electrons. The average Bonchev–Trinajstić information content (AvgIpc) is 3.61. The molecule has 0 saturated carbocycles. The third-order valence-electron chi connectivity index (χ3n) is 8.90. The number of rotatable bonds is 4. The van der Waals surface area contributed by atoms with Crippen LogP contribution in [0.1, 0.15) is 26.3 Å². The van der Waals surface area contributed by atoms with E-state index in [9.17, 15) is 0 Å². The van der Waals surface area contributed by atoms with Gasteiger partial charge in [0, 0.05) is 22.5 Å². The Morgan fingerprint density at radius 2 is 0.955 bits per heavy atom. The van der Waals surface area contributed by atoms with Crippen LogP contribution in [0.25, 0.3) is 72.0 Å². The maximum Gasteiger partial charge on any atom is 0.123 e. The van der Waals surface area contributed by atoms with Gasteiger partial charge in [0.2, 0.25) is 0 Å². The Labute approximate surface area is 258 Å². The molecule has 0 saturated heterocycles. The SMILES string of the molecule is CC(C)(C)c1ccc2[nH]c3c4c(-c5ccccc5)c(-c5ccccc5)c(-c5ccccc5)c(-c5ccccc5)c4cn3c2c1. The van der Waals surface area contributed by atoms with Gasteiger partial charge < -0.3 is 9.38 Å². The van der Waals surface area contributed by atoms with Crippen molar-refractivity contribution in [3.63, 3.8) is 0 Å². The van der Waals surface area contributed by atoms with E-state index in [2.05, 4.69) is 176 Å². The molecule has 8 rings (SSSR count). The van der Waals surface area contributed by atoms with Crippen LogP contribution in [0.3, 0.4) is 0 Å². The van der Waals surface area contributed by atoms with Crippen LogP contribution in [0.15, 0.2) is 146 Å². The molecule has 0 radical (unpaired) electrons. The first-order valence-corrected chi connectivity index (χ1v) is 15.4. The first kappa shape index (κ1) is 26.3. The predicted octanol–water partition coefficient (Wildman–Crippen LogP) is 11.5. The molecule has 2 heteroatoms. The zero-order chi connectivity index (χ0) is 29.8. The number of nitrogens with one attached hydrogen (secondary N) is 1. The summed E-state index contributed by atoms with van der Waals surface area (Å²) in [5.41, 5.74) is 14.7. The molecule has 8 aromatic rings. The van der Waals surface area contributed by atoms with E-state index in [1.807, 2.05) is 0 Å². The topological polar surface area (TPSA) is 20.2 Å². The predicted molar refractivity (Wildman–Crippen MR) is 187 cm³/mol. The second kappa shape index (κ2) is 10.1. The summed E-state index contributed by atoms with van der Waals surface area (Å²) in [6.07, 6.45) is 2.37. The van der Waals surface area contributed by atoms with Crippen LogP contribution in [0.2, 0.25) is 0 Å². The molecule has 0 aliphatic carbocycles. The summed E-state index contributed by atoms with van der Waals surface area (Å²) in [5, 5.41) is 2.48. The maximum absolute atomic E-state index is 3.87. The minimum atomic E-state index is 0.0513. The van der Waals surface area contributed by atoms with Gasteiger partial charge in [0.15, 0.2) is 0 Å². The molecule has 2 heterocycles. The van der Waals surface area contributed by atoms with Crippen molar-refractivity contribution in [2.75, 3.05) is 0 Å². The lowest BCUT2D eigenvalue weighted by atomic mass is 9.80. The highest BCUT2D eigenvalue weighted by Crippen LogP contribution is 2.52. The van der Waals surface area contributed by atoms with E-state index < -0.39 is 0 Å². The molecule has 0 fully saturated rings. The van der Waals surface area contributed by atoms with Crippen LogP contribution in [0.4, 0.5) is 0 Å². The van der Waals surface area contributed by atoms with Crippen LogP contribution in [-0.2, 0) is 5.41 Å².